The molecule has 0 aliphatic heterocycles. The van der Waals surface area contributed by atoms with Gasteiger partial charge in [-0.25, -0.2) is 0 Å². The molecule has 0 aliphatic rings. The summed E-state index contributed by atoms with van der Waals surface area (Å²) in [5.41, 5.74) is 8.36. The monoisotopic (exact) mass is 288 g/mol. The van der Waals surface area contributed by atoms with Crippen LogP contribution in [0.2, 0.25) is 5.02 Å². The molecule has 0 radical (unpaired) electrons. The number of pyridine rings is 1. The van der Waals surface area contributed by atoms with Crippen LogP contribution in [-0.4, -0.2) is 11.5 Å². The van der Waals surface area contributed by atoms with Gasteiger partial charge in [-0.3, -0.25) is 4.98 Å². The molecule has 3 N–H and O–H groups in total. The molecule has 1 aromatic heterocycles. The second-order valence-corrected chi connectivity index (χ2v) is 6.38. The maximum atomic E-state index is 9.25. The first-order chi connectivity index (χ1) is 9.31. The van der Waals surface area contributed by atoms with E-state index in [4.69, 9.17) is 17.3 Å². The van der Waals surface area contributed by atoms with Crippen LogP contribution in [-0.2, 0) is 0 Å². The molecule has 0 saturated heterocycles. The van der Waals surface area contributed by atoms with Crippen LogP contribution in [0.3, 0.4) is 0 Å². The maximum absolute atomic E-state index is 9.25. The number of nitrogen functional groups attached to an aromatic ring is 1. The van der Waals surface area contributed by atoms with E-state index in [2.05, 4.69) is 37.1 Å². The lowest BCUT2D eigenvalue weighted by Crippen LogP contribution is -2.19. The fraction of sp³-hybridized carbons (Fsp3) is 0.333. The van der Waals surface area contributed by atoms with Crippen LogP contribution in [0.1, 0.15) is 26.3 Å². The molecule has 0 atom stereocenters. The molecular formula is C15H17ClN4. The predicted molar refractivity (Wildman–Crippen MR) is 83.8 cm³/mol. The Labute approximate surface area is 123 Å². The highest BCUT2D eigenvalue weighted by Crippen LogP contribution is 2.32. The number of benzene rings is 1. The standard InChI is InChI=1S/C15H17ClN4/c1-15(2,3)8-20-13-9(6-17)7-19-14-11(13)4-10(18)5-12(14)16/h4-5,7H,8,18H2,1-3H3,(H,19,20). The SMILES string of the molecule is CC(C)(C)CNc1c(C#N)cnc2c(Cl)cc(N)cc12. The molecule has 0 fully saturated rings. The van der Waals surface area contributed by atoms with Gasteiger partial charge in [0.2, 0.25) is 0 Å². The average Bonchev–Trinajstić information content (AvgIpc) is 2.34. The van der Waals surface area contributed by atoms with E-state index in [1.54, 1.807) is 12.1 Å². The number of rotatable bonds is 2. The molecule has 2 aromatic rings. The zero-order valence-corrected chi connectivity index (χ0v) is 12.5. The van der Waals surface area contributed by atoms with E-state index in [1.807, 2.05) is 0 Å². The molecule has 2 rings (SSSR count). The van der Waals surface area contributed by atoms with E-state index in [0.717, 1.165) is 17.6 Å². The van der Waals surface area contributed by atoms with Gasteiger partial charge >= 0.3 is 0 Å². The van der Waals surface area contributed by atoms with Crippen molar-refractivity contribution in [1.29, 1.82) is 5.26 Å². The van der Waals surface area contributed by atoms with Gasteiger partial charge < -0.3 is 11.1 Å². The summed E-state index contributed by atoms with van der Waals surface area (Å²) >= 11 is 6.17. The van der Waals surface area contributed by atoms with Crippen molar-refractivity contribution in [2.45, 2.75) is 20.8 Å². The lowest BCUT2D eigenvalue weighted by atomic mass is 9.96. The molecule has 0 bridgehead atoms. The fourth-order valence-electron chi connectivity index (χ4n) is 1.91. The van der Waals surface area contributed by atoms with Gasteiger partial charge in [0.15, 0.2) is 0 Å². The van der Waals surface area contributed by atoms with Crippen molar-refractivity contribution in [3.63, 3.8) is 0 Å². The molecule has 0 spiro atoms. The van der Waals surface area contributed by atoms with Crippen molar-refractivity contribution in [3.05, 3.63) is 28.9 Å². The maximum Gasteiger partial charge on any atom is 0.103 e. The van der Waals surface area contributed by atoms with Gasteiger partial charge in [0.1, 0.15) is 6.07 Å². The minimum absolute atomic E-state index is 0.0897. The second-order valence-electron chi connectivity index (χ2n) is 5.97. The molecule has 20 heavy (non-hydrogen) atoms. The van der Waals surface area contributed by atoms with Crippen LogP contribution < -0.4 is 11.1 Å². The summed E-state index contributed by atoms with van der Waals surface area (Å²) in [7, 11) is 0. The van der Waals surface area contributed by atoms with Crippen LogP contribution in [0.25, 0.3) is 10.9 Å². The van der Waals surface area contributed by atoms with Gasteiger partial charge in [-0.15, -0.1) is 0 Å². The molecule has 1 heterocycles. The van der Waals surface area contributed by atoms with E-state index >= 15 is 0 Å². The molecule has 5 heteroatoms. The van der Waals surface area contributed by atoms with Crippen molar-refractivity contribution in [2.75, 3.05) is 17.6 Å². The van der Waals surface area contributed by atoms with E-state index in [0.29, 0.717) is 21.8 Å². The highest BCUT2D eigenvalue weighted by Gasteiger charge is 2.15. The minimum Gasteiger partial charge on any atom is -0.399 e. The van der Waals surface area contributed by atoms with E-state index < -0.39 is 0 Å². The first-order valence-electron chi connectivity index (χ1n) is 6.33. The average molecular weight is 289 g/mol. The summed E-state index contributed by atoms with van der Waals surface area (Å²) in [4.78, 5) is 4.25. The summed E-state index contributed by atoms with van der Waals surface area (Å²) in [6, 6.07) is 5.61. The molecule has 4 nitrogen and oxygen atoms in total. The van der Waals surface area contributed by atoms with Gasteiger partial charge in [-0.05, 0) is 17.5 Å². The highest BCUT2D eigenvalue weighted by molar-refractivity contribution is 6.35. The Bertz CT molecular complexity index is 696. The quantitative estimate of drug-likeness (QED) is 0.824. The highest BCUT2D eigenvalue weighted by atomic mass is 35.5. The van der Waals surface area contributed by atoms with E-state index in [9.17, 15) is 5.26 Å². The fourth-order valence-corrected chi connectivity index (χ4v) is 2.19. The Morgan fingerprint density at radius 3 is 2.70 bits per heavy atom. The summed E-state index contributed by atoms with van der Waals surface area (Å²) in [5, 5.41) is 13.8. The largest absolute Gasteiger partial charge is 0.399 e. The Balaban J connectivity index is 2.62. The van der Waals surface area contributed by atoms with E-state index in [-0.39, 0.29) is 5.41 Å². The third kappa shape index (κ3) is 2.94. The molecule has 104 valence electrons. The Kier molecular flexibility index (Phi) is 3.74. The number of nitriles is 1. The lowest BCUT2D eigenvalue weighted by Gasteiger charge is -2.21. The van der Waals surface area contributed by atoms with Crippen molar-refractivity contribution in [1.82, 2.24) is 4.98 Å². The molecule has 0 amide bonds. The normalized spacial score (nSPS) is 11.3. The Morgan fingerprint density at radius 1 is 1.40 bits per heavy atom. The van der Waals surface area contributed by atoms with Gasteiger partial charge in [0.05, 0.1) is 21.8 Å². The number of nitrogens with two attached hydrogens (primary N) is 1. The van der Waals surface area contributed by atoms with Gasteiger partial charge in [-0.2, -0.15) is 5.26 Å². The van der Waals surface area contributed by atoms with Crippen molar-refractivity contribution in [2.24, 2.45) is 5.41 Å². The Morgan fingerprint density at radius 2 is 2.10 bits per heavy atom. The predicted octanol–water partition coefficient (Wildman–Crippen LogP) is 3.80. The minimum atomic E-state index is 0.0897. The zero-order chi connectivity index (χ0) is 14.9. The number of hydrogen-bond acceptors (Lipinski definition) is 4. The van der Waals surface area contributed by atoms with E-state index in [1.165, 1.54) is 6.20 Å². The molecule has 0 aliphatic carbocycles. The van der Waals surface area contributed by atoms with Crippen molar-refractivity contribution < 1.29 is 0 Å². The second kappa shape index (κ2) is 5.18. The molecule has 0 unspecified atom stereocenters. The summed E-state index contributed by atoms with van der Waals surface area (Å²) in [6.07, 6.45) is 1.54. The van der Waals surface area contributed by atoms with Gasteiger partial charge in [0.25, 0.3) is 0 Å². The Hall–Kier alpha value is -1.99. The zero-order valence-electron chi connectivity index (χ0n) is 11.8. The van der Waals surface area contributed by atoms with Crippen LogP contribution in [0.4, 0.5) is 11.4 Å². The lowest BCUT2D eigenvalue weighted by molar-refractivity contribution is 0.443. The van der Waals surface area contributed by atoms with Crippen LogP contribution in [0, 0.1) is 16.7 Å². The van der Waals surface area contributed by atoms with Crippen LogP contribution >= 0.6 is 11.6 Å². The van der Waals surface area contributed by atoms with Crippen LogP contribution in [0.5, 0.6) is 0 Å². The number of nitrogens with zero attached hydrogens (tertiary/aromatic N) is 2. The summed E-state index contributed by atoms with van der Waals surface area (Å²) in [6.45, 7) is 7.09. The van der Waals surface area contributed by atoms with Crippen LogP contribution in [0.15, 0.2) is 18.3 Å². The third-order valence-corrected chi connectivity index (χ3v) is 3.15. The van der Waals surface area contributed by atoms with Gasteiger partial charge in [0, 0.05) is 23.8 Å². The molecular weight excluding hydrogens is 272 g/mol. The molecule has 1 aromatic carbocycles. The first kappa shape index (κ1) is 14.4. The van der Waals surface area contributed by atoms with Crippen molar-refractivity contribution >= 4 is 33.9 Å². The number of aromatic nitrogens is 1. The summed E-state index contributed by atoms with van der Waals surface area (Å²) in [5.74, 6) is 0. The smallest absolute Gasteiger partial charge is 0.103 e. The molecule has 0 saturated carbocycles. The third-order valence-electron chi connectivity index (χ3n) is 2.86. The number of nitrogens with one attached hydrogen (secondary N) is 1. The number of hydrogen-bond donors (Lipinski definition) is 2. The topological polar surface area (TPSA) is 74.7 Å². The van der Waals surface area contributed by atoms with Gasteiger partial charge in [-0.1, -0.05) is 32.4 Å². The number of fused-ring (bicyclic) bond motifs is 1. The first-order valence-corrected chi connectivity index (χ1v) is 6.71. The summed E-state index contributed by atoms with van der Waals surface area (Å²) < 4.78 is 0. The number of anilines is 2. The van der Waals surface area contributed by atoms with Crippen molar-refractivity contribution in [3.8, 4) is 6.07 Å². The number of halogens is 1.